The van der Waals surface area contributed by atoms with E-state index in [0.29, 0.717) is 10.8 Å². The zero-order chi connectivity index (χ0) is 14.0. The van der Waals surface area contributed by atoms with Crippen molar-refractivity contribution < 1.29 is 18.3 Å². The monoisotopic (exact) mass is 299 g/mol. The smallest absolute Gasteiger partial charge is 0.347 e. The van der Waals surface area contributed by atoms with Gasteiger partial charge >= 0.3 is 5.97 Å². The molecule has 0 atom stereocenters. The van der Waals surface area contributed by atoms with Crippen LogP contribution in [-0.2, 0) is 10.0 Å². The number of benzene rings is 1. The lowest BCUT2D eigenvalue weighted by Gasteiger charge is -2.03. The number of rotatable bonds is 4. The van der Waals surface area contributed by atoms with E-state index in [9.17, 15) is 13.2 Å². The van der Waals surface area contributed by atoms with E-state index in [1.165, 1.54) is 30.5 Å². The molecule has 1 heterocycles. The summed E-state index contributed by atoms with van der Waals surface area (Å²) in [6, 6.07) is 5.73. The number of carboxylic acids is 1. The van der Waals surface area contributed by atoms with Crippen LogP contribution < -0.4 is 10.5 Å². The molecular weight excluding hydrogens is 290 g/mol. The largest absolute Gasteiger partial charge is 0.477 e. The van der Waals surface area contributed by atoms with E-state index in [1.54, 1.807) is 0 Å². The van der Waals surface area contributed by atoms with E-state index < -0.39 is 16.0 Å². The van der Waals surface area contributed by atoms with Gasteiger partial charge in [-0.25, -0.2) is 23.3 Å². The van der Waals surface area contributed by atoms with Crippen molar-refractivity contribution in [3.63, 3.8) is 0 Å². The van der Waals surface area contributed by atoms with Crippen LogP contribution in [0.25, 0.3) is 0 Å². The molecule has 0 aliphatic rings. The normalized spacial score (nSPS) is 11.2. The fraction of sp³-hybridized carbons (Fsp3) is 0. The Morgan fingerprint density at radius 3 is 2.42 bits per heavy atom. The second-order valence-corrected chi connectivity index (χ2v) is 6.12. The van der Waals surface area contributed by atoms with Crippen molar-refractivity contribution in [2.75, 3.05) is 5.32 Å². The molecule has 2 aromatic rings. The molecule has 1 aromatic heterocycles. The van der Waals surface area contributed by atoms with Crippen LogP contribution in [0.1, 0.15) is 9.67 Å². The van der Waals surface area contributed by atoms with E-state index in [0.717, 1.165) is 11.3 Å². The zero-order valence-corrected chi connectivity index (χ0v) is 11.0. The summed E-state index contributed by atoms with van der Waals surface area (Å²) < 4.78 is 22.1. The standard InChI is InChI=1S/C10H9N3O4S2/c11-19(16,17)7-3-1-6(2-4-7)13-10-12-5-8(18-10)9(14)15/h1-5H,(H,12,13)(H,14,15)(H2,11,16,17). The van der Waals surface area contributed by atoms with Gasteiger partial charge in [0.25, 0.3) is 0 Å². The van der Waals surface area contributed by atoms with Gasteiger partial charge in [0.1, 0.15) is 4.88 Å². The van der Waals surface area contributed by atoms with Gasteiger partial charge in [-0.05, 0) is 24.3 Å². The number of nitrogens with two attached hydrogens (primary N) is 1. The number of thiazole rings is 1. The molecule has 0 saturated carbocycles. The Bertz CT molecular complexity index is 707. The predicted octanol–water partition coefficient (Wildman–Crippen LogP) is 1.23. The van der Waals surface area contributed by atoms with E-state index in [4.69, 9.17) is 10.2 Å². The van der Waals surface area contributed by atoms with Gasteiger partial charge in [0.05, 0.1) is 11.1 Å². The minimum absolute atomic E-state index is 0.00316. The first-order valence-electron chi connectivity index (χ1n) is 4.95. The summed E-state index contributed by atoms with van der Waals surface area (Å²) >= 11 is 0.981. The maximum absolute atomic E-state index is 11.1. The number of nitrogens with one attached hydrogen (secondary N) is 1. The maximum Gasteiger partial charge on any atom is 0.347 e. The van der Waals surface area contributed by atoms with E-state index >= 15 is 0 Å². The van der Waals surface area contributed by atoms with Gasteiger partial charge in [0.15, 0.2) is 5.13 Å². The SMILES string of the molecule is NS(=O)(=O)c1ccc(Nc2ncc(C(=O)O)s2)cc1. The second-order valence-electron chi connectivity index (χ2n) is 3.53. The number of sulfonamides is 1. The highest BCUT2D eigenvalue weighted by Gasteiger charge is 2.10. The summed E-state index contributed by atoms with van der Waals surface area (Å²) in [6.07, 6.45) is 1.24. The highest BCUT2D eigenvalue weighted by molar-refractivity contribution is 7.89. The predicted molar refractivity (Wildman–Crippen MR) is 70.2 cm³/mol. The van der Waals surface area contributed by atoms with Crippen molar-refractivity contribution in [3.8, 4) is 0 Å². The van der Waals surface area contributed by atoms with Gasteiger partial charge < -0.3 is 10.4 Å². The third-order valence-electron chi connectivity index (χ3n) is 2.15. The van der Waals surface area contributed by atoms with E-state index in [-0.39, 0.29) is 9.77 Å². The first-order chi connectivity index (χ1) is 8.86. The molecule has 0 radical (unpaired) electrons. The molecule has 7 nitrogen and oxygen atoms in total. The first kappa shape index (κ1) is 13.5. The maximum atomic E-state index is 11.1. The number of carboxylic acid groups (broad SMARTS) is 1. The summed E-state index contributed by atoms with van der Waals surface area (Å²) in [5, 5.41) is 17.0. The summed E-state index contributed by atoms with van der Waals surface area (Å²) in [7, 11) is -3.72. The minimum Gasteiger partial charge on any atom is -0.477 e. The van der Waals surface area contributed by atoms with E-state index in [2.05, 4.69) is 10.3 Å². The number of aromatic nitrogens is 1. The number of anilines is 2. The lowest BCUT2D eigenvalue weighted by Crippen LogP contribution is -2.11. The van der Waals surface area contributed by atoms with Crippen molar-refractivity contribution in [2.24, 2.45) is 5.14 Å². The highest BCUT2D eigenvalue weighted by Crippen LogP contribution is 2.23. The molecule has 0 saturated heterocycles. The summed E-state index contributed by atoms with van der Waals surface area (Å²) in [6.45, 7) is 0. The van der Waals surface area contributed by atoms with Crippen LogP contribution >= 0.6 is 11.3 Å². The third kappa shape index (κ3) is 3.28. The first-order valence-corrected chi connectivity index (χ1v) is 7.31. The van der Waals surface area contributed by atoms with Gasteiger partial charge in [0.2, 0.25) is 10.0 Å². The molecule has 1 aromatic carbocycles. The number of aromatic carboxylic acids is 1. The number of hydrogen-bond acceptors (Lipinski definition) is 6. The zero-order valence-electron chi connectivity index (χ0n) is 9.40. The molecule has 0 aliphatic heterocycles. The molecule has 9 heteroatoms. The minimum atomic E-state index is -3.72. The van der Waals surface area contributed by atoms with Crippen molar-refractivity contribution in [1.82, 2.24) is 4.98 Å². The molecule has 4 N–H and O–H groups in total. The van der Waals surface area contributed by atoms with Crippen molar-refractivity contribution in [1.29, 1.82) is 0 Å². The summed E-state index contributed by atoms with van der Waals surface area (Å²) in [4.78, 5) is 14.7. The average Bonchev–Trinajstić information content (AvgIpc) is 2.77. The number of primary sulfonamides is 1. The van der Waals surface area contributed by atoms with Crippen LogP contribution in [0.5, 0.6) is 0 Å². The topological polar surface area (TPSA) is 122 Å². The third-order valence-corrected chi connectivity index (χ3v) is 3.98. The lowest BCUT2D eigenvalue weighted by atomic mass is 10.3. The molecule has 0 fully saturated rings. The quantitative estimate of drug-likeness (QED) is 0.780. The molecule has 0 unspecified atom stereocenters. The summed E-state index contributed by atoms with van der Waals surface area (Å²) in [5.74, 6) is -1.05. The Morgan fingerprint density at radius 2 is 1.95 bits per heavy atom. The van der Waals surface area contributed by atoms with Crippen molar-refractivity contribution in [2.45, 2.75) is 4.90 Å². The van der Waals surface area contributed by atoms with Crippen LogP contribution in [0, 0.1) is 0 Å². The summed E-state index contributed by atoms with van der Waals surface area (Å²) in [5.41, 5.74) is 0.582. The Hall–Kier alpha value is -1.97. The molecular formula is C10H9N3O4S2. The molecule has 19 heavy (non-hydrogen) atoms. The molecule has 2 rings (SSSR count). The van der Waals surface area contributed by atoms with Crippen LogP contribution in [0.3, 0.4) is 0 Å². The Balaban J connectivity index is 2.17. The van der Waals surface area contributed by atoms with Crippen LogP contribution in [0.15, 0.2) is 35.4 Å². The Morgan fingerprint density at radius 1 is 1.32 bits per heavy atom. The number of hydrogen-bond donors (Lipinski definition) is 3. The van der Waals surface area contributed by atoms with Gasteiger partial charge in [-0.3, -0.25) is 0 Å². The van der Waals surface area contributed by atoms with Crippen molar-refractivity contribution in [3.05, 3.63) is 35.3 Å². The van der Waals surface area contributed by atoms with Crippen LogP contribution in [0.2, 0.25) is 0 Å². The fourth-order valence-electron chi connectivity index (χ4n) is 1.28. The highest BCUT2D eigenvalue weighted by atomic mass is 32.2. The van der Waals surface area contributed by atoms with Gasteiger partial charge in [-0.1, -0.05) is 11.3 Å². The van der Waals surface area contributed by atoms with Gasteiger partial charge in [-0.15, -0.1) is 0 Å². The fourth-order valence-corrected chi connectivity index (χ4v) is 2.47. The Labute approximate surface area is 112 Å². The Kier molecular flexibility index (Phi) is 3.51. The van der Waals surface area contributed by atoms with Crippen LogP contribution in [-0.4, -0.2) is 24.5 Å². The molecule has 100 valence electrons. The molecule has 0 aliphatic carbocycles. The lowest BCUT2D eigenvalue weighted by molar-refractivity contribution is 0.0702. The number of nitrogens with zero attached hydrogens (tertiary/aromatic N) is 1. The van der Waals surface area contributed by atoms with Crippen molar-refractivity contribution >= 4 is 38.1 Å². The van der Waals surface area contributed by atoms with Gasteiger partial charge in [-0.2, -0.15) is 0 Å². The number of carbonyl (C=O) groups is 1. The van der Waals surface area contributed by atoms with E-state index in [1.807, 2.05) is 0 Å². The van der Waals surface area contributed by atoms with Crippen LogP contribution in [0.4, 0.5) is 10.8 Å². The molecule has 0 spiro atoms. The van der Waals surface area contributed by atoms with Gasteiger partial charge in [0, 0.05) is 5.69 Å². The molecule has 0 bridgehead atoms. The molecule has 0 amide bonds. The second kappa shape index (κ2) is 4.96. The average molecular weight is 299 g/mol.